The van der Waals surface area contributed by atoms with Crippen molar-refractivity contribution in [3.05, 3.63) is 33.4 Å². The van der Waals surface area contributed by atoms with E-state index in [1.807, 2.05) is 12.1 Å². The molecule has 0 N–H and O–H groups in total. The second kappa shape index (κ2) is 6.00. The van der Waals surface area contributed by atoms with Crippen molar-refractivity contribution in [2.45, 2.75) is 0 Å². The molecule has 0 aliphatic heterocycles. The molecule has 0 heterocycles. The minimum atomic E-state index is -0.140. The van der Waals surface area contributed by atoms with Crippen molar-refractivity contribution in [2.24, 2.45) is 0 Å². The molecule has 0 saturated heterocycles. The van der Waals surface area contributed by atoms with E-state index in [4.69, 9.17) is 0 Å². The van der Waals surface area contributed by atoms with Crippen molar-refractivity contribution in [1.29, 1.82) is 0 Å². The first kappa shape index (κ1) is 14.0. The Balaban J connectivity index is 2.73. The third-order valence-corrected chi connectivity index (χ3v) is 2.96. The van der Waals surface area contributed by atoms with Crippen LogP contribution in [0.4, 0.5) is 0 Å². The molecule has 2 amide bonds. The molecule has 0 radical (unpaired) electrons. The van der Waals surface area contributed by atoms with E-state index in [2.05, 4.69) is 22.6 Å². The largest absolute Gasteiger partial charge is 0.347 e. The van der Waals surface area contributed by atoms with Crippen LogP contribution < -0.4 is 0 Å². The summed E-state index contributed by atoms with van der Waals surface area (Å²) in [6, 6.07) is 7.31. The lowest BCUT2D eigenvalue weighted by atomic mass is 10.2. The Kier molecular flexibility index (Phi) is 4.92. The van der Waals surface area contributed by atoms with Gasteiger partial charge in [0.1, 0.15) is 0 Å². The van der Waals surface area contributed by atoms with Gasteiger partial charge in [-0.2, -0.15) is 0 Å². The lowest BCUT2D eigenvalue weighted by molar-refractivity contribution is -0.129. The lowest BCUT2D eigenvalue weighted by Gasteiger charge is -2.19. The van der Waals surface area contributed by atoms with E-state index in [-0.39, 0.29) is 18.4 Å². The average molecular weight is 346 g/mol. The van der Waals surface area contributed by atoms with Gasteiger partial charge in [0.15, 0.2) is 0 Å². The van der Waals surface area contributed by atoms with Crippen molar-refractivity contribution in [2.75, 3.05) is 27.7 Å². The summed E-state index contributed by atoms with van der Waals surface area (Å²) in [5.74, 6) is -0.231. The highest BCUT2D eigenvalue weighted by atomic mass is 127. The molecule has 1 aromatic rings. The molecule has 0 aromatic heterocycles. The van der Waals surface area contributed by atoms with Gasteiger partial charge in [-0.25, -0.2) is 0 Å². The van der Waals surface area contributed by atoms with Crippen molar-refractivity contribution in [3.8, 4) is 0 Å². The molecule has 17 heavy (non-hydrogen) atoms. The van der Waals surface area contributed by atoms with E-state index >= 15 is 0 Å². The summed E-state index contributed by atoms with van der Waals surface area (Å²) in [5.41, 5.74) is 0.603. The Hall–Kier alpha value is -1.11. The summed E-state index contributed by atoms with van der Waals surface area (Å²) >= 11 is 2.15. The second-order valence-corrected chi connectivity index (χ2v) is 5.21. The van der Waals surface area contributed by atoms with Gasteiger partial charge in [0.25, 0.3) is 5.91 Å². The summed E-state index contributed by atoms with van der Waals surface area (Å²) in [5, 5.41) is 0. The maximum atomic E-state index is 12.0. The van der Waals surface area contributed by atoms with Crippen LogP contribution in [0, 0.1) is 3.57 Å². The van der Waals surface area contributed by atoms with Gasteiger partial charge in [0.05, 0.1) is 6.54 Å². The van der Waals surface area contributed by atoms with Gasteiger partial charge in [-0.15, -0.1) is 0 Å². The van der Waals surface area contributed by atoms with Gasteiger partial charge in [0.2, 0.25) is 5.91 Å². The average Bonchev–Trinajstić information content (AvgIpc) is 2.27. The Morgan fingerprint density at radius 2 is 1.88 bits per heavy atom. The summed E-state index contributed by atoms with van der Waals surface area (Å²) in [6.07, 6.45) is 0. The van der Waals surface area contributed by atoms with Crippen molar-refractivity contribution in [1.82, 2.24) is 9.80 Å². The van der Waals surface area contributed by atoms with Crippen LogP contribution in [0.2, 0.25) is 0 Å². The van der Waals surface area contributed by atoms with Crippen molar-refractivity contribution < 1.29 is 9.59 Å². The van der Waals surface area contributed by atoms with Gasteiger partial charge in [-0.1, -0.05) is 6.07 Å². The molecule has 0 atom stereocenters. The number of hydrogen-bond acceptors (Lipinski definition) is 2. The van der Waals surface area contributed by atoms with Crippen molar-refractivity contribution in [3.63, 3.8) is 0 Å². The lowest BCUT2D eigenvalue weighted by Crippen LogP contribution is -2.37. The number of benzene rings is 1. The number of amides is 2. The van der Waals surface area contributed by atoms with Crippen molar-refractivity contribution >= 4 is 34.4 Å². The Morgan fingerprint density at radius 1 is 1.24 bits per heavy atom. The highest BCUT2D eigenvalue weighted by molar-refractivity contribution is 14.1. The second-order valence-electron chi connectivity index (χ2n) is 3.96. The first-order chi connectivity index (χ1) is 7.91. The Bertz CT molecular complexity index is 432. The maximum Gasteiger partial charge on any atom is 0.254 e. The van der Waals surface area contributed by atoms with Crippen LogP contribution in [-0.2, 0) is 4.79 Å². The molecule has 0 aliphatic carbocycles. The topological polar surface area (TPSA) is 40.6 Å². The minimum absolute atomic E-state index is 0.0912. The number of halogens is 1. The quantitative estimate of drug-likeness (QED) is 0.778. The van der Waals surface area contributed by atoms with Gasteiger partial charge in [-0.05, 0) is 40.8 Å². The fraction of sp³-hybridized carbons (Fsp3) is 0.333. The van der Waals surface area contributed by atoms with Crippen LogP contribution in [-0.4, -0.2) is 49.3 Å². The molecule has 0 spiro atoms. The molecule has 92 valence electrons. The van der Waals surface area contributed by atoms with Gasteiger partial charge >= 0.3 is 0 Å². The SMILES string of the molecule is CN(C)C(=O)CN(C)C(=O)c1cccc(I)c1. The van der Waals surface area contributed by atoms with Crippen LogP contribution in [0.1, 0.15) is 10.4 Å². The molecular weight excluding hydrogens is 331 g/mol. The van der Waals surface area contributed by atoms with Gasteiger partial charge in [0, 0.05) is 30.3 Å². The van der Waals surface area contributed by atoms with Crippen LogP contribution in [0.25, 0.3) is 0 Å². The van der Waals surface area contributed by atoms with Gasteiger partial charge in [-0.3, -0.25) is 9.59 Å². The molecule has 5 heteroatoms. The Labute approximate surface area is 115 Å². The summed E-state index contributed by atoms with van der Waals surface area (Å²) in [7, 11) is 4.97. The standard InChI is InChI=1S/C12H15IN2O2/c1-14(2)11(16)8-15(3)12(17)9-5-4-6-10(13)7-9/h4-7H,8H2,1-3H3. The van der Waals surface area contributed by atoms with E-state index < -0.39 is 0 Å². The number of hydrogen-bond donors (Lipinski definition) is 0. The fourth-order valence-electron chi connectivity index (χ4n) is 1.26. The smallest absolute Gasteiger partial charge is 0.254 e. The number of nitrogens with zero attached hydrogens (tertiary/aromatic N) is 2. The monoisotopic (exact) mass is 346 g/mol. The molecule has 0 aliphatic rings. The number of carbonyl (C=O) groups excluding carboxylic acids is 2. The molecule has 0 fully saturated rings. The van der Waals surface area contributed by atoms with E-state index in [1.165, 1.54) is 9.80 Å². The number of rotatable bonds is 3. The Morgan fingerprint density at radius 3 is 2.41 bits per heavy atom. The summed E-state index contributed by atoms with van der Waals surface area (Å²) in [4.78, 5) is 26.4. The summed E-state index contributed by atoms with van der Waals surface area (Å²) < 4.78 is 1.00. The molecule has 1 rings (SSSR count). The van der Waals surface area contributed by atoms with E-state index in [9.17, 15) is 9.59 Å². The van der Waals surface area contributed by atoms with E-state index in [0.717, 1.165) is 3.57 Å². The number of carbonyl (C=O) groups is 2. The molecule has 0 saturated carbocycles. The third kappa shape index (κ3) is 3.99. The van der Waals surface area contributed by atoms with Crippen LogP contribution >= 0.6 is 22.6 Å². The zero-order valence-corrected chi connectivity index (χ0v) is 12.3. The first-order valence-electron chi connectivity index (χ1n) is 5.13. The van der Waals surface area contributed by atoms with Crippen LogP contribution in [0.3, 0.4) is 0 Å². The highest BCUT2D eigenvalue weighted by Gasteiger charge is 2.15. The van der Waals surface area contributed by atoms with Gasteiger partial charge < -0.3 is 9.80 Å². The van der Waals surface area contributed by atoms with Crippen LogP contribution in [0.15, 0.2) is 24.3 Å². The van der Waals surface area contributed by atoms with E-state index in [1.54, 1.807) is 33.3 Å². The molecule has 4 nitrogen and oxygen atoms in total. The zero-order chi connectivity index (χ0) is 13.0. The van der Waals surface area contributed by atoms with Crippen LogP contribution in [0.5, 0.6) is 0 Å². The predicted molar refractivity (Wildman–Crippen MR) is 74.8 cm³/mol. The molecule has 1 aromatic carbocycles. The molecule has 0 unspecified atom stereocenters. The predicted octanol–water partition coefficient (Wildman–Crippen LogP) is 1.45. The van der Waals surface area contributed by atoms with E-state index in [0.29, 0.717) is 5.56 Å². The maximum absolute atomic E-state index is 12.0. The third-order valence-electron chi connectivity index (χ3n) is 2.29. The summed E-state index contributed by atoms with van der Waals surface area (Å²) in [6.45, 7) is 0.0946. The molecular formula is C12H15IN2O2. The first-order valence-corrected chi connectivity index (χ1v) is 6.21. The number of likely N-dealkylation sites (N-methyl/N-ethyl adjacent to an activating group) is 2. The zero-order valence-electron chi connectivity index (χ0n) is 10.1. The fourth-order valence-corrected chi connectivity index (χ4v) is 1.80. The normalized spacial score (nSPS) is 9.88. The minimum Gasteiger partial charge on any atom is -0.347 e. The highest BCUT2D eigenvalue weighted by Crippen LogP contribution is 2.09. The molecule has 0 bridgehead atoms.